The van der Waals surface area contributed by atoms with Gasteiger partial charge < -0.3 is 9.64 Å². The lowest BCUT2D eigenvalue weighted by atomic mass is 9.99. The van der Waals surface area contributed by atoms with Crippen LogP contribution in [0.4, 0.5) is 0 Å². The van der Waals surface area contributed by atoms with Gasteiger partial charge in [0.25, 0.3) is 5.91 Å². The molecule has 2 heterocycles. The van der Waals surface area contributed by atoms with Crippen LogP contribution in [0.15, 0.2) is 36.5 Å². The number of carbonyl (C=O) groups is 1. The quantitative estimate of drug-likeness (QED) is 0.941. The lowest BCUT2D eigenvalue weighted by Gasteiger charge is -2.35. The first-order chi connectivity index (χ1) is 10.8. The second kappa shape index (κ2) is 6.83. The van der Waals surface area contributed by atoms with E-state index in [9.17, 15) is 4.79 Å². The number of para-hydroxylation sites is 1. The van der Waals surface area contributed by atoms with Crippen LogP contribution in [0.1, 0.15) is 31.0 Å². The molecule has 0 aliphatic carbocycles. The molecule has 1 aliphatic rings. The molecule has 0 radical (unpaired) electrons. The number of likely N-dealkylation sites (tertiary alicyclic amines) is 1. The van der Waals surface area contributed by atoms with Crippen LogP contribution in [0, 0.1) is 0 Å². The van der Waals surface area contributed by atoms with Gasteiger partial charge in [0.2, 0.25) is 0 Å². The smallest absolute Gasteiger partial charge is 0.261 e. The number of nitrogens with one attached hydrogen (secondary N) is 1. The number of nitrogens with zero attached hydrogens (tertiary/aromatic N) is 2. The minimum atomic E-state index is -0.0285. The Labute approximate surface area is 134 Å². The zero-order chi connectivity index (χ0) is 15.4. The highest BCUT2D eigenvalue weighted by atomic mass is 35.5. The predicted octanol–water partition coefficient (Wildman–Crippen LogP) is 3.20. The highest BCUT2D eigenvalue weighted by molar-refractivity contribution is 6.32. The van der Waals surface area contributed by atoms with Gasteiger partial charge in [-0.1, -0.05) is 23.7 Å². The molecule has 0 unspecified atom stereocenters. The summed E-state index contributed by atoms with van der Waals surface area (Å²) in [7, 11) is 0. The molecule has 1 N–H and O–H groups in total. The van der Waals surface area contributed by atoms with Crippen molar-refractivity contribution in [1.29, 1.82) is 0 Å². The van der Waals surface area contributed by atoms with Crippen LogP contribution in [0.2, 0.25) is 5.02 Å². The minimum Gasteiger partial charge on any atom is -0.482 e. The number of carbonyl (C=O) groups excluding carboxylic acids is 1. The van der Waals surface area contributed by atoms with Gasteiger partial charge in [-0.3, -0.25) is 9.89 Å². The summed E-state index contributed by atoms with van der Waals surface area (Å²) in [5.74, 6) is 0.506. The van der Waals surface area contributed by atoms with Gasteiger partial charge in [-0.25, -0.2) is 0 Å². The van der Waals surface area contributed by atoms with Crippen LogP contribution in [0.3, 0.4) is 0 Å². The van der Waals surface area contributed by atoms with Gasteiger partial charge in [-0.2, -0.15) is 5.10 Å². The molecule has 22 heavy (non-hydrogen) atoms. The molecular formula is C16H18ClN3O2. The van der Waals surface area contributed by atoms with E-state index in [1.165, 1.54) is 0 Å². The van der Waals surface area contributed by atoms with Crippen molar-refractivity contribution in [1.82, 2.24) is 15.1 Å². The third kappa shape index (κ3) is 3.25. The molecule has 1 aromatic carbocycles. The summed E-state index contributed by atoms with van der Waals surface area (Å²) in [5, 5.41) is 7.47. The summed E-state index contributed by atoms with van der Waals surface area (Å²) in [5.41, 5.74) is 0.978. The number of rotatable bonds is 4. The third-order valence-corrected chi connectivity index (χ3v) is 4.20. The van der Waals surface area contributed by atoms with Gasteiger partial charge in [0, 0.05) is 12.7 Å². The van der Waals surface area contributed by atoms with Crippen molar-refractivity contribution in [2.24, 2.45) is 0 Å². The fourth-order valence-electron chi connectivity index (χ4n) is 2.79. The second-order valence-corrected chi connectivity index (χ2v) is 5.74. The molecule has 1 fully saturated rings. The number of hydrogen-bond donors (Lipinski definition) is 1. The SMILES string of the molecule is O=C(COc1ccccc1Cl)N1CCCC[C@H]1c1ccn[nH]1. The summed E-state index contributed by atoms with van der Waals surface area (Å²) in [6.45, 7) is 0.739. The molecule has 3 rings (SSSR count). The number of aromatic amines is 1. The number of hydrogen-bond acceptors (Lipinski definition) is 3. The van der Waals surface area contributed by atoms with Crippen molar-refractivity contribution >= 4 is 17.5 Å². The molecule has 5 nitrogen and oxygen atoms in total. The summed E-state index contributed by atoms with van der Waals surface area (Å²) >= 11 is 6.04. The number of aromatic nitrogens is 2. The van der Waals surface area contributed by atoms with Crippen molar-refractivity contribution in [2.75, 3.05) is 13.2 Å². The highest BCUT2D eigenvalue weighted by Crippen LogP contribution is 2.30. The van der Waals surface area contributed by atoms with Crippen molar-refractivity contribution in [3.05, 3.63) is 47.2 Å². The van der Waals surface area contributed by atoms with E-state index in [4.69, 9.17) is 16.3 Å². The lowest BCUT2D eigenvalue weighted by molar-refractivity contribution is -0.137. The number of amides is 1. The molecule has 0 saturated carbocycles. The first-order valence-corrected chi connectivity index (χ1v) is 7.79. The van der Waals surface area contributed by atoms with E-state index in [-0.39, 0.29) is 18.6 Å². The molecule has 1 aliphatic heterocycles. The second-order valence-electron chi connectivity index (χ2n) is 5.33. The van der Waals surface area contributed by atoms with E-state index in [2.05, 4.69) is 10.2 Å². The van der Waals surface area contributed by atoms with Crippen LogP contribution in [-0.2, 0) is 4.79 Å². The topological polar surface area (TPSA) is 58.2 Å². The average Bonchev–Trinajstić information content (AvgIpc) is 3.08. The Balaban J connectivity index is 1.66. The Morgan fingerprint density at radius 1 is 1.36 bits per heavy atom. The van der Waals surface area contributed by atoms with Crippen molar-refractivity contribution in [2.45, 2.75) is 25.3 Å². The summed E-state index contributed by atoms with van der Waals surface area (Å²) < 4.78 is 5.57. The Bertz CT molecular complexity index is 630. The Kier molecular flexibility index (Phi) is 4.63. The van der Waals surface area contributed by atoms with Gasteiger partial charge >= 0.3 is 0 Å². The van der Waals surface area contributed by atoms with E-state index in [0.717, 1.165) is 31.5 Å². The number of piperidine rings is 1. The number of halogens is 1. The molecule has 0 bridgehead atoms. The van der Waals surface area contributed by atoms with Gasteiger partial charge in [0.1, 0.15) is 5.75 Å². The van der Waals surface area contributed by atoms with Crippen LogP contribution >= 0.6 is 11.6 Å². The van der Waals surface area contributed by atoms with Gasteiger partial charge in [0.15, 0.2) is 6.61 Å². The van der Waals surface area contributed by atoms with Crippen LogP contribution in [0.5, 0.6) is 5.75 Å². The lowest BCUT2D eigenvalue weighted by Crippen LogP contribution is -2.41. The van der Waals surface area contributed by atoms with Gasteiger partial charge in [0.05, 0.1) is 16.8 Å². The minimum absolute atomic E-state index is 0.00558. The zero-order valence-corrected chi connectivity index (χ0v) is 12.9. The van der Waals surface area contributed by atoms with E-state index in [1.807, 2.05) is 23.1 Å². The largest absolute Gasteiger partial charge is 0.482 e. The van der Waals surface area contributed by atoms with E-state index >= 15 is 0 Å². The van der Waals surface area contributed by atoms with Crippen molar-refractivity contribution in [3.8, 4) is 5.75 Å². The molecule has 116 valence electrons. The van der Waals surface area contributed by atoms with E-state index in [1.54, 1.807) is 18.3 Å². The number of H-pyrrole nitrogens is 1. The molecular weight excluding hydrogens is 302 g/mol. The first kappa shape index (κ1) is 14.9. The molecule has 0 spiro atoms. The molecule has 1 atom stereocenters. The average molecular weight is 320 g/mol. The van der Waals surface area contributed by atoms with E-state index < -0.39 is 0 Å². The standard InChI is InChI=1S/C16H18ClN3O2/c17-12-5-1-2-7-15(12)22-11-16(21)20-10-4-3-6-14(20)13-8-9-18-19-13/h1-2,5,7-9,14H,3-4,6,10-11H2,(H,18,19)/t14-/m0/s1. The normalized spacial score (nSPS) is 18.2. The summed E-state index contributed by atoms with van der Waals surface area (Å²) in [6.07, 6.45) is 4.79. The van der Waals surface area contributed by atoms with Gasteiger partial charge in [-0.05, 0) is 37.5 Å². The maximum Gasteiger partial charge on any atom is 0.261 e. The molecule has 1 aromatic heterocycles. The van der Waals surface area contributed by atoms with Crippen LogP contribution in [0.25, 0.3) is 0 Å². The Hall–Kier alpha value is -2.01. The number of ether oxygens (including phenoxy) is 1. The Morgan fingerprint density at radius 3 is 3.00 bits per heavy atom. The first-order valence-electron chi connectivity index (χ1n) is 7.42. The summed E-state index contributed by atoms with van der Waals surface area (Å²) in [6, 6.07) is 9.15. The third-order valence-electron chi connectivity index (χ3n) is 3.89. The van der Waals surface area contributed by atoms with Crippen LogP contribution < -0.4 is 4.74 Å². The number of benzene rings is 1. The monoisotopic (exact) mass is 319 g/mol. The molecule has 2 aromatic rings. The summed E-state index contributed by atoms with van der Waals surface area (Å²) in [4.78, 5) is 14.4. The fourth-order valence-corrected chi connectivity index (χ4v) is 2.98. The molecule has 1 amide bonds. The maximum absolute atomic E-state index is 12.5. The molecule has 1 saturated heterocycles. The van der Waals surface area contributed by atoms with Crippen LogP contribution in [-0.4, -0.2) is 34.2 Å². The maximum atomic E-state index is 12.5. The predicted molar refractivity (Wildman–Crippen MR) is 83.8 cm³/mol. The zero-order valence-electron chi connectivity index (χ0n) is 12.2. The Morgan fingerprint density at radius 2 is 2.23 bits per heavy atom. The van der Waals surface area contributed by atoms with Gasteiger partial charge in [-0.15, -0.1) is 0 Å². The highest BCUT2D eigenvalue weighted by Gasteiger charge is 2.29. The van der Waals surface area contributed by atoms with Crippen molar-refractivity contribution in [3.63, 3.8) is 0 Å². The fraction of sp³-hybridized carbons (Fsp3) is 0.375. The van der Waals surface area contributed by atoms with E-state index in [0.29, 0.717) is 10.8 Å². The molecule has 6 heteroatoms. The van der Waals surface area contributed by atoms with Crippen molar-refractivity contribution < 1.29 is 9.53 Å².